The third-order valence-corrected chi connectivity index (χ3v) is 2.12. The van der Waals surface area contributed by atoms with Crippen LogP contribution in [-0.2, 0) is 11.3 Å². The maximum Gasteiger partial charge on any atom is 0.251 e. The molecule has 0 atom stereocenters. The molecule has 0 aliphatic carbocycles. The molecule has 1 aromatic rings. The maximum absolute atomic E-state index is 11.3. The monoisotopic (exact) mass is 227 g/mol. The molecule has 1 rings (SSSR count). The molecular weight excluding hydrogens is 214 g/mol. The fourth-order valence-electron chi connectivity index (χ4n) is 1.04. The van der Waals surface area contributed by atoms with Gasteiger partial charge in [-0.25, -0.2) is 0 Å². The van der Waals surface area contributed by atoms with Gasteiger partial charge in [0, 0.05) is 18.8 Å². The van der Waals surface area contributed by atoms with Gasteiger partial charge in [0.1, 0.15) is 6.54 Å². The van der Waals surface area contributed by atoms with E-state index in [-0.39, 0.29) is 22.8 Å². The van der Waals surface area contributed by atoms with E-state index in [1.807, 2.05) is 6.92 Å². The Morgan fingerprint density at radius 2 is 2.40 bits per heavy atom. The van der Waals surface area contributed by atoms with Crippen LogP contribution in [0.3, 0.4) is 0 Å². The topological polar surface area (TPSA) is 66.9 Å². The van der Waals surface area contributed by atoms with Gasteiger partial charge < -0.3 is 9.88 Å². The minimum Gasteiger partial charge on any atom is -0.355 e. The van der Waals surface area contributed by atoms with E-state index >= 15 is 0 Å². The molecule has 0 aliphatic heterocycles. The van der Waals surface area contributed by atoms with E-state index in [1.165, 1.54) is 16.8 Å². The number of rotatable bonds is 4. The number of aromatic amines is 1. The molecule has 0 aliphatic rings. The Labute approximate surface area is 92.1 Å². The van der Waals surface area contributed by atoms with E-state index in [9.17, 15) is 9.59 Å². The highest BCUT2D eigenvalue weighted by atomic mass is 32.1. The lowest BCUT2D eigenvalue weighted by Crippen LogP contribution is -2.29. The van der Waals surface area contributed by atoms with Crippen LogP contribution in [0.2, 0.25) is 0 Å². The molecule has 0 saturated carbocycles. The molecule has 6 heteroatoms. The summed E-state index contributed by atoms with van der Waals surface area (Å²) in [5, 5.41) is 2.72. The summed E-state index contributed by atoms with van der Waals surface area (Å²) in [5.74, 6) is -0.111. The molecule has 0 bridgehead atoms. The molecule has 1 amide bonds. The number of nitrogens with one attached hydrogen (secondary N) is 2. The zero-order chi connectivity index (χ0) is 11.3. The molecule has 1 aromatic heterocycles. The third kappa shape index (κ3) is 3.67. The van der Waals surface area contributed by atoms with Gasteiger partial charge in [-0.1, -0.05) is 6.92 Å². The average Bonchev–Trinajstić information content (AvgIpc) is 2.19. The number of hydrogen-bond acceptors (Lipinski definition) is 3. The van der Waals surface area contributed by atoms with Gasteiger partial charge in [-0.15, -0.1) is 0 Å². The van der Waals surface area contributed by atoms with Crippen molar-refractivity contribution in [3.63, 3.8) is 0 Å². The lowest BCUT2D eigenvalue weighted by Gasteiger charge is -2.06. The van der Waals surface area contributed by atoms with E-state index in [0.717, 1.165) is 6.42 Å². The number of aromatic nitrogens is 2. The first-order chi connectivity index (χ1) is 7.13. The van der Waals surface area contributed by atoms with Gasteiger partial charge in [-0.2, -0.15) is 0 Å². The summed E-state index contributed by atoms with van der Waals surface area (Å²) in [4.78, 5) is 24.6. The van der Waals surface area contributed by atoms with Gasteiger partial charge in [-0.05, 0) is 18.6 Å². The lowest BCUT2D eigenvalue weighted by atomic mass is 10.4. The first-order valence-electron chi connectivity index (χ1n) is 4.70. The highest BCUT2D eigenvalue weighted by Crippen LogP contribution is 1.86. The van der Waals surface area contributed by atoms with Crippen LogP contribution in [0.15, 0.2) is 17.1 Å². The summed E-state index contributed by atoms with van der Waals surface area (Å²) in [6.07, 6.45) is 2.40. The molecule has 0 fully saturated rings. The SMILES string of the molecule is CCCNC(=O)Cn1ccc(=O)[nH]c1=S. The quantitative estimate of drug-likeness (QED) is 0.733. The second-order valence-corrected chi connectivity index (χ2v) is 3.47. The third-order valence-electron chi connectivity index (χ3n) is 1.78. The van der Waals surface area contributed by atoms with E-state index in [2.05, 4.69) is 10.3 Å². The van der Waals surface area contributed by atoms with Crippen molar-refractivity contribution < 1.29 is 4.79 Å². The largest absolute Gasteiger partial charge is 0.355 e. The molecule has 0 aromatic carbocycles. The van der Waals surface area contributed by atoms with Gasteiger partial charge in [-0.3, -0.25) is 14.6 Å². The van der Waals surface area contributed by atoms with E-state index in [1.54, 1.807) is 0 Å². The first-order valence-corrected chi connectivity index (χ1v) is 5.10. The van der Waals surface area contributed by atoms with Crippen LogP contribution < -0.4 is 10.9 Å². The van der Waals surface area contributed by atoms with E-state index in [0.29, 0.717) is 6.54 Å². The van der Waals surface area contributed by atoms with Crippen LogP contribution in [0.5, 0.6) is 0 Å². The van der Waals surface area contributed by atoms with Gasteiger partial charge in [0.15, 0.2) is 4.77 Å². The van der Waals surface area contributed by atoms with E-state index < -0.39 is 0 Å². The number of amides is 1. The van der Waals surface area contributed by atoms with Crippen molar-refractivity contribution in [2.45, 2.75) is 19.9 Å². The van der Waals surface area contributed by atoms with Gasteiger partial charge >= 0.3 is 0 Å². The van der Waals surface area contributed by atoms with Crippen LogP contribution in [0.25, 0.3) is 0 Å². The summed E-state index contributed by atoms with van der Waals surface area (Å²) in [6, 6.07) is 1.34. The summed E-state index contributed by atoms with van der Waals surface area (Å²) in [6.45, 7) is 2.76. The minimum absolute atomic E-state index is 0.111. The molecule has 0 saturated heterocycles. The number of nitrogens with zero attached hydrogens (tertiary/aromatic N) is 1. The summed E-state index contributed by atoms with van der Waals surface area (Å²) in [5.41, 5.74) is -0.259. The second kappa shape index (κ2) is 5.45. The number of hydrogen-bond donors (Lipinski definition) is 2. The van der Waals surface area contributed by atoms with Crippen molar-refractivity contribution in [3.05, 3.63) is 27.4 Å². The Morgan fingerprint density at radius 1 is 1.67 bits per heavy atom. The molecule has 0 radical (unpaired) electrons. The highest BCUT2D eigenvalue weighted by molar-refractivity contribution is 7.71. The van der Waals surface area contributed by atoms with E-state index in [4.69, 9.17) is 12.2 Å². The Bertz CT molecular complexity index is 449. The minimum atomic E-state index is -0.259. The molecule has 0 spiro atoms. The Balaban J connectivity index is 2.69. The van der Waals surface area contributed by atoms with Crippen LogP contribution in [0, 0.1) is 4.77 Å². The highest BCUT2D eigenvalue weighted by Gasteiger charge is 2.01. The maximum atomic E-state index is 11.3. The predicted octanol–water partition coefficient (Wildman–Crippen LogP) is 0.432. The Hall–Kier alpha value is -1.43. The second-order valence-electron chi connectivity index (χ2n) is 3.09. The predicted molar refractivity (Wildman–Crippen MR) is 59.2 cm³/mol. The Kier molecular flexibility index (Phi) is 4.23. The summed E-state index contributed by atoms with van der Waals surface area (Å²) >= 11 is 4.90. The van der Waals surface area contributed by atoms with Gasteiger partial charge in [0.25, 0.3) is 5.56 Å². The van der Waals surface area contributed by atoms with Crippen molar-refractivity contribution in [1.82, 2.24) is 14.9 Å². The van der Waals surface area contributed by atoms with Crippen molar-refractivity contribution in [3.8, 4) is 0 Å². The molecule has 82 valence electrons. The average molecular weight is 227 g/mol. The zero-order valence-corrected chi connectivity index (χ0v) is 9.26. The fourth-order valence-corrected chi connectivity index (χ4v) is 1.27. The van der Waals surface area contributed by atoms with Gasteiger partial charge in [0.2, 0.25) is 5.91 Å². The molecule has 0 unspecified atom stereocenters. The molecule has 5 nitrogen and oxygen atoms in total. The summed E-state index contributed by atoms with van der Waals surface area (Å²) in [7, 11) is 0. The molecule has 2 N–H and O–H groups in total. The number of H-pyrrole nitrogens is 1. The van der Waals surface area contributed by atoms with Crippen LogP contribution in [0.4, 0.5) is 0 Å². The van der Waals surface area contributed by atoms with Crippen LogP contribution in [0.1, 0.15) is 13.3 Å². The van der Waals surface area contributed by atoms with Crippen molar-refractivity contribution in [2.75, 3.05) is 6.54 Å². The van der Waals surface area contributed by atoms with Crippen molar-refractivity contribution >= 4 is 18.1 Å². The van der Waals surface area contributed by atoms with Crippen LogP contribution >= 0.6 is 12.2 Å². The smallest absolute Gasteiger partial charge is 0.251 e. The van der Waals surface area contributed by atoms with Gasteiger partial charge in [0.05, 0.1) is 0 Å². The fraction of sp³-hybridized carbons (Fsp3) is 0.444. The molecular formula is C9H13N3O2S. The lowest BCUT2D eigenvalue weighted by molar-refractivity contribution is -0.121. The normalized spacial score (nSPS) is 9.93. The molecule has 15 heavy (non-hydrogen) atoms. The van der Waals surface area contributed by atoms with Crippen molar-refractivity contribution in [2.24, 2.45) is 0 Å². The Morgan fingerprint density at radius 3 is 3.00 bits per heavy atom. The zero-order valence-electron chi connectivity index (χ0n) is 8.45. The van der Waals surface area contributed by atoms with Crippen molar-refractivity contribution in [1.29, 1.82) is 0 Å². The van der Waals surface area contributed by atoms with Crippen LogP contribution in [-0.4, -0.2) is 22.0 Å². The summed E-state index contributed by atoms with van der Waals surface area (Å²) < 4.78 is 1.77. The standard InChI is InChI=1S/C9H13N3O2S/c1-2-4-10-8(14)6-12-5-3-7(13)11-9(12)15/h3,5H,2,4,6H2,1H3,(H,10,14)(H,11,13,15). The molecule has 1 heterocycles. The first kappa shape index (κ1) is 11.6. The number of carbonyl (C=O) groups excluding carboxylic acids is 1. The number of carbonyl (C=O) groups is 1.